The number of nitrogens with zero attached hydrogens (tertiary/aromatic N) is 1. The molecule has 0 fully saturated rings. The van der Waals surface area contributed by atoms with Gasteiger partial charge in [0.25, 0.3) is 0 Å². The van der Waals surface area contributed by atoms with Crippen LogP contribution in [0, 0.1) is 6.92 Å². The molecule has 2 rings (SSSR count). The average Bonchev–Trinajstić information content (AvgIpc) is 2.62. The molecule has 1 aromatic heterocycles. The van der Waals surface area contributed by atoms with E-state index in [2.05, 4.69) is 4.98 Å². The Morgan fingerprint density at radius 3 is 3.00 bits per heavy atom. The highest BCUT2D eigenvalue weighted by molar-refractivity contribution is 7.18. The van der Waals surface area contributed by atoms with Crippen LogP contribution in [0.4, 0.5) is 0 Å². The summed E-state index contributed by atoms with van der Waals surface area (Å²) in [5, 5.41) is 9.73. The van der Waals surface area contributed by atoms with Gasteiger partial charge in [0.05, 0.1) is 22.9 Å². The molecule has 0 radical (unpaired) electrons. The Kier molecular flexibility index (Phi) is 2.50. The Balaban J connectivity index is 2.56. The van der Waals surface area contributed by atoms with Gasteiger partial charge in [0.1, 0.15) is 5.01 Å². The summed E-state index contributed by atoms with van der Waals surface area (Å²) in [6, 6.07) is 5.69. The first-order valence-corrected chi connectivity index (χ1v) is 5.26. The fraction of sp³-hybridized carbons (Fsp3) is 0.300. The number of aliphatic hydroxyl groups is 1. The predicted molar refractivity (Wildman–Crippen MR) is 58.4 cm³/mol. The second-order valence-corrected chi connectivity index (χ2v) is 4.33. The topological polar surface area (TPSA) is 59.1 Å². The van der Waals surface area contributed by atoms with Crippen molar-refractivity contribution in [3.8, 4) is 0 Å². The molecule has 14 heavy (non-hydrogen) atoms. The molecule has 0 saturated heterocycles. The minimum Gasteiger partial charge on any atom is -0.394 e. The Hall–Kier alpha value is -0.970. The van der Waals surface area contributed by atoms with Crippen molar-refractivity contribution in [3.05, 3.63) is 28.8 Å². The zero-order chi connectivity index (χ0) is 10.1. The number of aliphatic hydroxyl groups excluding tert-OH is 1. The predicted octanol–water partition coefficient (Wildman–Crippen LogP) is 1.60. The van der Waals surface area contributed by atoms with Gasteiger partial charge in [-0.2, -0.15) is 0 Å². The van der Waals surface area contributed by atoms with E-state index in [0.29, 0.717) is 0 Å². The fourth-order valence-corrected chi connectivity index (χ4v) is 2.38. The molecule has 1 aromatic carbocycles. The van der Waals surface area contributed by atoms with Crippen molar-refractivity contribution in [2.75, 3.05) is 6.61 Å². The van der Waals surface area contributed by atoms with Crippen molar-refractivity contribution < 1.29 is 5.11 Å². The number of nitrogens with two attached hydrogens (primary N) is 1. The standard InChI is InChI=1S/C10H12N2OS/c1-6-3-2-4-8-9(6)12-10(14-8)7(11)5-13/h2-4,7,13H,5,11H2,1H3. The van der Waals surface area contributed by atoms with Gasteiger partial charge in [0.15, 0.2) is 0 Å². The Labute approximate surface area is 86.2 Å². The van der Waals surface area contributed by atoms with Gasteiger partial charge in [-0.15, -0.1) is 11.3 Å². The molecule has 0 spiro atoms. The first-order chi connectivity index (χ1) is 6.72. The molecule has 1 atom stereocenters. The van der Waals surface area contributed by atoms with Gasteiger partial charge in [-0.25, -0.2) is 4.98 Å². The molecular weight excluding hydrogens is 196 g/mol. The van der Waals surface area contributed by atoms with Gasteiger partial charge < -0.3 is 10.8 Å². The minimum atomic E-state index is -0.355. The van der Waals surface area contributed by atoms with E-state index < -0.39 is 0 Å². The summed E-state index contributed by atoms with van der Waals surface area (Å²) in [6.45, 7) is 1.97. The van der Waals surface area contributed by atoms with Gasteiger partial charge in [0.2, 0.25) is 0 Å². The lowest BCUT2D eigenvalue weighted by Gasteiger charge is -2.00. The van der Waals surface area contributed by atoms with Crippen molar-refractivity contribution >= 4 is 21.6 Å². The second kappa shape index (κ2) is 3.65. The first kappa shape index (κ1) is 9.58. The molecule has 0 aliphatic rings. The van der Waals surface area contributed by atoms with Gasteiger partial charge >= 0.3 is 0 Å². The largest absolute Gasteiger partial charge is 0.394 e. The van der Waals surface area contributed by atoms with E-state index in [-0.39, 0.29) is 12.6 Å². The van der Waals surface area contributed by atoms with Gasteiger partial charge in [0, 0.05) is 0 Å². The summed E-state index contributed by atoms with van der Waals surface area (Å²) in [5.41, 5.74) is 7.85. The number of hydrogen-bond acceptors (Lipinski definition) is 4. The quantitative estimate of drug-likeness (QED) is 0.788. The van der Waals surface area contributed by atoms with Crippen molar-refractivity contribution in [1.29, 1.82) is 0 Å². The number of aryl methyl sites for hydroxylation is 1. The number of hydrogen-bond donors (Lipinski definition) is 2. The van der Waals surface area contributed by atoms with Crippen LogP contribution in [0.1, 0.15) is 16.6 Å². The number of fused-ring (bicyclic) bond motifs is 1. The van der Waals surface area contributed by atoms with Crippen LogP contribution in [-0.2, 0) is 0 Å². The summed E-state index contributed by atoms with van der Waals surface area (Å²) in [6.07, 6.45) is 0. The van der Waals surface area contributed by atoms with Crippen LogP contribution in [0.5, 0.6) is 0 Å². The fourth-order valence-electron chi connectivity index (χ4n) is 1.34. The van der Waals surface area contributed by atoms with Crippen LogP contribution in [0.25, 0.3) is 10.2 Å². The van der Waals surface area contributed by atoms with E-state index in [1.54, 1.807) is 11.3 Å². The highest BCUT2D eigenvalue weighted by atomic mass is 32.1. The smallest absolute Gasteiger partial charge is 0.113 e. The molecule has 0 aliphatic heterocycles. The summed E-state index contributed by atoms with van der Waals surface area (Å²) in [5.74, 6) is 0. The van der Waals surface area contributed by atoms with Crippen molar-refractivity contribution in [3.63, 3.8) is 0 Å². The Morgan fingerprint density at radius 1 is 1.57 bits per heavy atom. The maximum atomic E-state index is 8.92. The molecule has 2 aromatic rings. The molecule has 0 amide bonds. The second-order valence-electron chi connectivity index (χ2n) is 3.26. The monoisotopic (exact) mass is 208 g/mol. The van der Waals surface area contributed by atoms with Crippen molar-refractivity contribution in [2.24, 2.45) is 5.73 Å². The zero-order valence-corrected chi connectivity index (χ0v) is 8.71. The molecule has 74 valence electrons. The highest BCUT2D eigenvalue weighted by Crippen LogP contribution is 2.27. The number of benzene rings is 1. The van der Waals surface area contributed by atoms with E-state index in [1.807, 2.05) is 25.1 Å². The lowest BCUT2D eigenvalue weighted by molar-refractivity contribution is 0.268. The number of para-hydroxylation sites is 1. The van der Waals surface area contributed by atoms with Gasteiger partial charge in [-0.05, 0) is 18.6 Å². The average molecular weight is 208 g/mol. The summed E-state index contributed by atoms with van der Waals surface area (Å²) >= 11 is 1.55. The molecule has 4 heteroatoms. The lowest BCUT2D eigenvalue weighted by atomic mass is 10.2. The molecule has 0 saturated carbocycles. The number of thiazole rings is 1. The normalized spacial score (nSPS) is 13.4. The molecule has 1 heterocycles. The van der Waals surface area contributed by atoms with Crippen LogP contribution in [0.2, 0.25) is 0 Å². The SMILES string of the molecule is Cc1cccc2sc(C(N)CO)nc12. The van der Waals surface area contributed by atoms with Gasteiger partial charge in [-0.3, -0.25) is 0 Å². The van der Waals surface area contributed by atoms with Crippen LogP contribution >= 0.6 is 11.3 Å². The third-order valence-corrected chi connectivity index (χ3v) is 3.30. The van der Waals surface area contributed by atoms with Crippen LogP contribution in [0.15, 0.2) is 18.2 Å². The van der Waals surface area contributed by atoms with E-state index in [9.17, 15) is 0 Å². The molecule has 0 aliphatic carbocycles. The van der Waals surface area contributed by atoms with Gasteiger partial charge in [-0.1, -0.05) is 12.1 Å². The number of rotatable bonds is 2. The maximum Gasteiger partial charge on any atom is 0.113 e. The zero-order valence-electron chi connectivity index (χ0n) is 7.90. The third kappa shape index (κ3) is 1.52. The van der Waals surface area contributed by atoms with Crippen LogP contribution in [-0.4, -0.2) is 16.7 Å². The Morgan fingerprint density at radius 2 is 2.36 bits per heavy atom. The molecule has 3 nitrogen and oxygen atoms in total. The van der Waals surface area contributed by atoms with E-state index in [0.717, 1.165) is 20.8 Å². The van der Waals surface area contributed by atoms with Crippen molar-refractivity contribution in [2.45, 2.75) is 13.0 Å². The van der Waals surface area contributed by atoms with Crippen LogP contribution in [0.3, 0.4) is 0 Å². The highest BCUT2D eigenvalue weighted by Gasteiger charge is 2.11. The summed E-state index contributed by atoms with van der Waals surface area (Å²) < 4.78 is 1.13. The van der Waals surface area contributed by atoms with E-state index >= 15 is 0 Å². The molecule has 3 N–H and O–H groups in total. The number of aromatic nitrogens is 1. The van der Waals surface area contributed by atoms with E-state index in [4.69, 9.17) is 10.8 Å². The Bertz CT molecular complexity index is 452. The minimum absolute atomic E-state index is 0.0567. The van der Waals surface area contributed by atoms with E-state index in [1.165, 1.54) is 0 Å². The summed E-state index contributed by atoms with van der Waals surface area (Å²) in [7, 11) is 0. The van der Waals surface area contributed by atoms with Crippen molar-refractivity contribution in [1.82, 2.24) is 4.98 Å². The molecule has 1 unspecified atom stereocenters. The lowest BCUT2D eigenvalue weighted by Crippen LogP contribution is -2.13. The first-order valence-electron chi connectivity index (χ1n) is 4.45. The molecular formula is C10H12N2OS. The third-order valence-electron chi connectivity index (χ3n) is 2.15. The maximum absolute atomic E-state index is 8.92. The summed E-state index contributed by atoms with van der Waals surface area (Å²) in [4.78, 5) is 4.42. The molecule has 0 bridgehead atoms. The van der Waals surface area contributed by atoms with Crippen LogP contribution < -0.4 is 5.73 Å².